The van der Waals surface area contributed by atoms with Crippen molar-refractivity contribution in [3.63, 3.8) is 0 Å². The van der Waals surface area contributed by atoms with Gasteiger partial charge in [-0.25, -0.2) is 0 Å². The zero-order valence-electron chi connectivity index (χ0n) is 2.85. The fourth-order valence-electron chi connectivity index (χ4n) is 0. The molecule has 0 aliphatic heterocycles. The van der Waals surface area contributed by atoms with Crippen molar-refractivity contribution in [3.8, 4) is 0 Å². The second-order valence-electron chi connectivity index (χ2n) is 0.512. The van der Waals surface area contributed by atoms with Gasteiger partial charge in [0.2, 0.25) is 0 Å². The molecule has 0 saturated heterocycles. The fraction of sp³-hybridized carbons (Fsp3) is 1.00. The van der Waals surface area contributed by atoms with E-state index in [0.29, 0.717) is 6.54 Å². The summed E-state index contributed by atoms with van der Waals surface area (Å²) in [5, 5.41) is 7.75. The zero-order valence-corrected chi connectivity index (χ0v) is 3.66. The van der Waals surface area contributed by atoms with Crippen LogP contribution in [0.5, 0.6) is 0 Å². The Morgan fingerprint density at radius 1 is 1.80 bits per heavy atom. The molecule has 0 aliphatic rings. The number of rotatable bonds is 1. The average Bonchev–Trinajstić information content (AvgIpc) is 1.37. The lowest BCUT2D eigenvalue weighted by Crippen LogP contribution is -2.02. The van der Waals surface area contributed by atoms with E-state index in [9.17, 15) is 0 Å². The zero-order chi connectivity index (χ0) is 3.41. The average molecular weight is 99.5 g/mol. The highest BCUT2D eigenvalue weighted by atomic mass is 35.5. The third-order valence-electron chi connectivity index (χ3n) is 0.129. The maximum atomic E-state index is 7.75. The summed E-state index contributed by atoms with van der Waals surface area (Å²) in [6.45, 7) is 0.472. The van der Waals surface area contributed by atoms with Gasteiger partial charge < -0.3 is 10.8 Å². The Bertz CT molecular complexity index is 11.6. The van der Waals surface area contributed by atoms with Crippen LogP contribution in [0.2, 0.25) is 0 Å². The first-order valence-electron chi connectivity index (χ1n) is 1.22. The van der Waals surface area contributed by atoms with Gasteiger partial charge in [-0.1, -0.05) is 0 Å². The van der Waals surface area contributed by atoms with Crippen molar-refractivity contribution in [2.24, 2.45) is 5.73 Å². The standard InChI is InChI=1S/C2H7NO.ClH/c3-1-2-4;/h4H,1-3H2;1H/i1+2;. The molecular weight excluding hydrogens is 91.5 g/mol. The monoisotopic (exact) mass is 99.0 g/mol. The number of aliphatic hydroxyl groups is 1. The molecule has 0 radical (unpaired) electrons. The minimum absolute atomic E-state index is 0. The van der Waals surface area contributed by atoms with Gasteiger partial charge in [0.1, 0.15) is 0 Å². The van der Waals surface area contributed by atoms with E-state index in [1.807, 2.05) is 0 Å². The predicted octanol–water partition coefficient (Wildman–Crippen LogP) is -0.641. The topological polar surface area (TPSA) is 46.2 Å². The summed E-state index contributed by atoms with van der Waals surface area (Å²) in [6, 6.07) is 0. The highest BCUT2D eigenvalue weighted by molar-refractivity contribution is 5.85. The molecule has 0 heterocycles. The van der Waals surface area contributed by atoms with Crippen LogP contribution in [0, 0.1) is 0 Å². The van der Waals surface area contributed by atoms with Gasteiger partial charge in [-0.3, -0.25) is 0 Å². The Kier molecular flexibility index (Phi) is 15.9. The van der Waals surface area contributed by atoms with Gasteiger partial charge in [0.25, 0.3) is 0 Å². The molecule has 0 amide bonds. The summed E-state index contributed by atoms with van der Waals surface area (Å²) >= 11 is 0. The van der Waals surface area contributed by atoms with Crippen LogP contribution in [0.4, 0.5) is 0 Å². The molecule has 5 heavy (non-hydrogen) atoms. The second kappa shape index (κ2) is 8.88. The van der Waals surface area contributed by atoms with Gasteiger partial charge in [-0.15, -0.1) is 12.4 Å². The SMILES string of the molecule is Cl.N[14CH2]CO. The van der Waals surface area contributed by atoms with E-state index in [4.69, 9.17) is 10.8 Å². The van der Waals surface area contributed by atoms with Crippen LogP contribution < -0.4 is 5.73 Å². The van der Waals surface area contributed by atoms with Crippen LogP contribution in [-0.4, -0.2) is 18.3 Å². The normalized spacial score (nSPS) is 6.00. The van der Waals surface area contributed by atoms with Crippen molar-refractivity contribution in [3.05, 3.63) is 0 Å². The van der Waals surface area contributed by atoms with E-state index in [1.165, 1.54) is 0 Å². The predicted molar refractivity (Wildman–Crippen MR) is 23.4 cm³/mol. The molecule has 2 nitrogen and oxygen atoms in total. The first kappa shape index (κ1) is 8.96. The first-order valence-corrected chi connectivity index (χ1v) is 1.22. The molecule has 0 fully saturated rings. The maximum Gasteiger partial charge on any atom is 0.0553 e. The Morgan fingerprint density at radius 2 is 2.00 bits per heavy atom. The molecule has 0 unspecified atom stereocenters. The molecule has 0 rings (SSSR count). The van der Waals surface area contributed by atoms with Crippen molar-refractivity contribution >= 4 is 12.4 Å². The molecular formula is C2H8ClNO. The highest BCUT2D eigenvalue weighted by Crippen LogP contribution is 1.33. The molecule has 3 N–H and O–H groups in total. The highest BCUT2D eigenvalue weighted by Gasteiger charge is 1.56. The van der Waals surface area contributed by atoms with Gasteiger partial charge in [0.05, 0.1) is 6.61 Å². The van der Waals surface area contributed by atoms with Crippen molar-refractivity contribution < 1.29 is 5.11 Å². The first-order chi connectivity index (χ1) is 1.91. The van der Waals surface area contributed by atoms with Gasteiger partial charge in [-0.2, -0.15) is 0 Å². The lowest BCUT2D eigenvalue weighted by Gasteiger charge is -1.71. The Hall–Kier alpha value is 0.210. The van der Waals surface area contributed by atoms with Gasteiger partial charge >= 0.3 is 0 Å². The summed E-state index contributed by atoms with van der Waals surface area (Å²) < 4.78 is 0. The number of hydrogen-bond acceptors (Lipinski definition) is 2. The third-order valence-corrected chi connectivity index (χ3v) is 0.129. The third kappa shape index (κ3) is 14.0. The molecule has 0 aliphatic carbocycles. The summed E-state index contributed by atoms with van der Waals surface area (Å²) in [5.41, 5.74) is 4.78. The second-order valence-corrected chi connectivity index (χ2v) is 0.512. The number of hydrogen-bond donors (Lipinski definition) is 2. The lowest BCUT2D eigenvalue weighted by atomic mass is 11.4. The number of halogens is 1. The molecule has 3 heteroatoms. The van der Waals surface area contributed by atoms with Crippen molar-refractivity contribution in [1.29, 1.82) is 0 Å². The Morgan fingerprint density at radius 3 is 2.00 bits per heavy atom. The van der Waals surface area contributed by atoms with Gasteiger partial charge in [-0.05, 0) is 0 Å². The van der Waals surface area contributed by atoms with E-state index in [2.05, 4.69) is 0 Å². The number of nitrogens with two attached hydrogens (primary N) is 1. The van der Waals surface area contributed by atoms with Crippen LogP contribution in [0.1, 0.15) is 0 Å². The molecule has 0 spiro atoms. The summed E-state index contributed by atoms with van der Waals surface area (Å²) in [7, 11) is 0. The van der Waals surface area contributed by atoms with Crippen LogP contribution in [0.15, 0.2) is 0 Å². The molecule has 0 aromatic heterocycles. The van der Waals surface area contributed by atoms with Crippen molar-refractivity contribution in [2.45, 2.75) is 0 Å². The minimum Gasteiger partial charge on any atom is -0.395 e. The van der Waals surface area contributed by atoms with E-state index in [1.54, 1.807) is 0 Å². The van der Waals surface area contributed by atoms with E-state index >= 15 is 0 Å². The molecule has 0 bridgehead atoms. The molecule has 0 saturated carbocycles. The summed E-state index contributed by atoms with van der Waals surface area (Å²) in [5.74, 6) is 0. The van der Waals surface area contributed by atoms with Gasteiger partial charge in [0, 0.05) is 6.54 Å². The molecule has 0 aromatic rings. The maximum absolute atomic E-state index is 7.75. The Labute approximate surface area is 37.4 Å². The fourth-order valence-corrected chi connectivity index (χ4v) is 0. The summed E-state index contributed by atoms with van der Waals surface area (Å²) in [4.78, 5) is 0. The number of aliphatic hydroxyl groups excluding tert-OH is 1. The van der Waals surface area contributed by atoms with Gasteiger partial charge in [0.15, 0.2) is 0 Å². The van der Waals surface area contributed by atoms with Crippen LogP contribution in [0.25, 0.3) is 0 Å². The minimum atomic E-state index is 0. The van der Waals surface area contributed by atoms with E-state index in [-0.39, 0.29) is 19.0 Å². The molecule has 0 aromatic carbocycles. The molecule has 0 atom stereocenters. The van der Waals surface area contributed by atoms with Crippen LogP contribution in [0.3, 0.4) is 0 Å². The molecule has 34 valence electrons. The lowest BCUT2D eigenvalue weighted by molar-refractivity contribution is 0.306. The van der Waals surface area contributed by atoms with Crippen LogP contribution >= 0.6 is 12.4 Å². The van der Waals surface area contributed by atoms with Crippen molar-refractivity contribution in [2.75, 3.05) is 13.2 Å². The van der Waals surface area contributed by atoms with E-state index < -0.39 is 0 Å². The smallest absolute Gasteiger partial charge is 0.0553 e. The van der Waals surface area contributed by atoms with E-state index in [0.717, 1.165) is 0 Å². The van der Waals surface area contributed by atoms with Crippen LogP contribution in [-0.2, 0) is 0 Å². The summed E-state index contributed by atoms with van der Waals surface area (Å²) in [6.07, 6.45) is 0. The van der Waals surface area contributed by atoms with Crippen molar-refractivity contribution in [1.82, 2.24) is 0 Å². The Balaban J connectivity index is 0. The quantitative estimate of drug-likeness (QED) is 0.459. The largest absolute Gasteiger partial charge is 0.395 e.